The lowest BCUT2D eigenvalue weighted by molar-refractivity contribution is -0.157. The first-order valence-electron chi connectivity index (χ1n) is 9.85. The molecule has 6 nitrogen and oxygen atoms in total. The van der Waals surface area contributed by atoms with Crippen molar-refractivity contribution in [3.05, 3.63) is 48.3 Å². The number of hydrogen-bond donors (Lipinski definition) is 0. The highest BCUT2D eigenvalue weighted by atomic mass is 16.5. The molecule has 2 aliphatic heterocycles. The average molecular weight is 372 g/mol. The van der Waals surface area contributed by atoms with Gasteiger partial charge in [-0.2, -0.15) is 0 Å². The van der Waals surface area contributed by atoms with Crippen LogP contribution in [-0.2, 0) is 22.6 Å². The fourth-order valence-electron chi connectivity index (χ4n) is 4.75. The second-order valence-corrected chi connectivity index (χ2v) is 7.79. The number of nitrogens with zero attached hydrogens (tertiary/aromatic N) is 2. The Morgan fingerprint density at radius 2 is 2.15 bits per heavy atom. The summed E-state index contributed by atoms with van der Waals surface area (Å²) in [4.78, 5) is 17.8. The Kier molecular flexibility index (Phi) is 5.36. The van der Waals surface area contributed by atoms with Crippen molar-refractivity contribution in [2.24, 2.45) is 11.3 Å². The van der Waals surface area contributed by atoms with Crippen LogP contribution in [0.5, 0.6) is 0 Å². The quantitative estimate of drug-likeness (QED) is 0.726. The maximum Gasteiger partial charge on any atom is 0.313 e. The Morgan fingerprint density at radius 3 is 2.89 bits per heavy atom. The lowest BCUT2D eigenvalue weighted by atomic mass is 9.75. The van der Waals surface area contributed by atoms with E-state index in [1.54, 1.807) is 18.8 Å². The summed E-state index contributed by atoms with van der Waals surface area (Å²) in [6, 6.07) is 5.94. The van der Waals surface area contributed by atoms with Crippen molar-refractivity contribution in [3.63, 3.8) is 0 Å². The Bertz CT molecular complexity index is 727. The van der Waals surface area contributed by atoms with Gasteiger partial charge in [-0.1, -0.05) is 0 Å². The van der Waals surface area contributed by atoms with Gasteiger partial charge >= 0.3 is 5.97 Å². The minimum Gasteiger partial charge on any atom is -0.472 e. The summed E-state index contributed by atoms with van der Waals surface area (Å²) in [6.45, 7) is 7.47. The third-order valence-electron chi connectivity index (χ3n) is 5.97. The minimum atomic E-state index is -0.405. The van der Waals surface area contributed by atoms with Crippen molar-refractivity contribution in [3.8, 4) is 0 Å². The standard InChI is InChI=1S/C21H28N2O4/c1-2-26-20(24)21-7-4-8-22(14-19-5-3-9-27-19)12-18(21)13-23(16-21)11-17-6-10-25-15-17/h3,5-6,9-10,15,18H,2,4,7-8,11-14,16H2,1H3/t18-,21-/m0/s1. The van der Waals surface area contributed by atoms with Crippen molar-refractivity contribution >= 4 is 5.97 Å². The summed E-state index contributed by atoms with van der Waals surface area (Å²) in [5.74, 6) is 1.22. The zero-order valence-corrected chi connectivity index (χ0v) is 15.9. The van der Waals surface area contributed by atoms with Crippen molar-refractivity contribution in [2.45, 2.75) is 32.9 Å². The molecule has 146 valence electrons. The van der Waals surface area contributed by atoms with E-state index in [-0.39, 0.29) is 11.9 Å². The van der Waals surface area contributed by atoms with Crippen LogP contribution in [0.2, 0.25) is 0 Å². The summed E-state index contributed by atoms with van der Waals surface area (Å²) < 4.78 is 16.3. The van der Waals surface area contributed by atoms with Gasteiger partial charge in [0.15, 0.2) is 0 Å². The number of rotatable bonds is 6. The summed E-state index contributed by atoms with van der Waals surface area (Å²) in [7, 11) is 0. The van der Waals surface area contributed by atoms with Crippen LogP contribution in [-0.4, -0.2) is 48.6 Å². The molecule has 0 N–H and O–H groups in total. The molecular weight excluding hydrogens is 344 g/mol. The summed E-state index contributed by atoms with van der Waals surface area (Å²) in [5, 5.41) is 0. The van der Waals surface area contributed by atoms with Gasteiger partial charge in [0.25, 0.3) is 0 Å². The molecule has 4 heterocycles. The Labute approximate surface area is 160 Å². The van der Waals surface area contributed by atoms with E-state index in [0.717, 1.165) is 63.4 Å². The highest BCUT2D eigenvalue weighted by Crippen LogP contribution is 2.44. The van der Waals surface area contributed by atoms with E-state index in [4.69, 9.17) is 13.6 Å². The van der Waals surface area contributed by atoms with E-state index in [2.05, 4.69) is 9.80 Å². The highest BCUT2D eigenvalue weighted by Gasteiger charge is 2.53. The Hall–Kier alpha value is -2.05. The molecule has 4 rings (SSSR count). The van der Waals surface area contributed by atoms with Crippen LogP contribution in [0, 0.1) is 11.3 Å². The van der Waals surface area contributed by atoms with Gasteiger partial charge in [-0.3, -0.25) is 14.6 Å². The Morgan fingerprint density at radius 1 is 1.26 bits per heavy atom. The monoisotopic (exact) mass is 372 g/mol. The van der Waals surface area contributed by atoms with Crippen LogP contribution >= 0.6 is 0 Å². The normalized spacial score (nSPS) is 26.6. The number of esters is 1. The van der Waals surface area contributed by atoms with Gasteiger partial charge in [0.1, 0.15) is 5.76 Å². The zero-order valence-electron chi connectivity index (χ0n) is 15.9. The molecule has 0 amide bonds. The molecular formula is C21H28N2O4. The number of likely N-dealkylation sites (tertiary alicyclic amines) is 2. The minimum absolute atomic E-state index is 0.0236. The topological polar surface area (TPSA) is 59.1 Å². The summed E-state index contributed by atoms with van der Waals surface area (Å²) in [6.07, 6.45) is 7.09. The average Bonchev–Trinajstić information content (AvgIpc) is 3.37. The molecule has 2 aliphatic rings. The fraction of sp³-hybridized carbons (Fsp3) is 0.571. The molecule has 2 aromatic rings. The fourth-order valence-corrected chi connectivity index (χ4v) is 4.75. The van der Waals surface area contributed by atoms with Crippen molar-refractivity contribution in [2.75, 3.05) is 32.8 Å². The third kappa shape index (κ3) is 3.82. The third-order valence-corrected chi connectivity index (χ3v) is 5.97. The number of fused-ring (bicyclic) bond motifs is 1. The van der Waals surface area contributed by atoms with E-state index in [1.807, 2.05) is 25.1 Å². The molecule has 6 heteroatoms. The van der Waals surface area contributed by atoms with E-state index in [1.165, 1.54) is 0 Å². The Balaban J connectivity index is 1.52. The van der Waals surface area contributed by atoms with E-state index in [0.29, 0.717) is 6.61 Å². The molecule has 2 aromatic heterocycles. The van der Waals surface area contributed by atoms with E-state index in [9.17, 15) is 4.79 Å². The van der Waals surface area contributed by atoms with E-state index >= 15 is 0 Å². The molecule has 0 saturated carbocycles. The number of furan rings is 2. The molecule has 2 atom stereocenters. The van der Waals surface area contributed by atoms with Crippen LogP contribution in [0.3, 0.4) is 0 Å². The lowest BCUT2D eigenvalue weighted by Gasteiger charge is -2.31. The molecule has 0 aliphatic carbocycles. The molecule has 0 spiro atoms. The molecule has 0 unspecified atom stereocenters. The lowest BCUT2D eigenvalue weighted by Crippen LogP contribution is -2.42. The molecule has 0 radical (unpaired) electrons. The van der Waals surface area contributed by atoms with Gasteiger partial charge in [0.2, 0.25) is 0 Å². The van der Waals surface area contributed by atoms with Crippen LogP contribution in [0.25, 0.3) is 0 Å². The summed E-state index contributed by atoms with van der Waals surface area (Å²) in [5.41, 5.74) is 0.746. The van der Waals surface area contributed by atoms with Crippen molar-refractivity contribution in [1.82, 2.24) is 9.80 Å². The molecule has 0 bridgehead atoms. The van der Waals surface area contributed by atoms with Gasteiger partial charge in [0, 0.05) is 37.7 Å². The molecule has 2 saturated heterocycles. The van der Waals surface area contributed by atoms with Crippen LogP contribution in [0.1, 0.15) is 31.1 Å². The highest BCUT2D eigenvalue weighted by molar-refractivity contribution is 5.78. The van der Waals surface area contributed by atoms with Gasteiger partial charge in [-0.25, -0.2) is 0 Å². The first-order valence-corrected chi connectivity index (χ1v) is 9.85. The van der Waals surface area contributed by atoms with Crippen LogP contribution < -0.4 is 0 Å². The van der Waals surface area contributed by atoms with Gasteiger partial charge in [-0.15, -0.1) is 0 Å². The molecule has 2 fully saturated rings. The van der Waals surface area contributed by atoms with Gasteiger partial charge < -0.3 is 13.6 Å². The SMILES string of the molecule is CCOC(=O)[C@]12CCCN(Cc3ccco3)C[C@H]1CN(Cc1ccoc1)C2. The van der Waals surface area contributed by atoms with Gasteiger partial charge in [0.05, 0.1) is 37.4 Å². The van der Waals surface area contributed by atoms with Gasteiger partial charge in [-0.05, 0) is 44.5 Å². The number of carbonyl (C=O) groups excluding carboxylic acids is 1. The van der Waals surface area contributed by atoms with Crippen LogP contribution in [0.15, 0.2) is 45.8 Å². The second kappa shape index (κ2) is 7.90. The smallest absolute Gasteiger partial charge is 0.313 e. The maximum atomic E-state index is 13.0. The predicted octanol–water partition coefficient (Wildman–Crippen LogP) is 3.15. The second-order valence-electron chi connectivity index (χ2n) is 7.79. The van der Waals surface area contributed by atoms with Crippen LogP contribution in [0.4, 0.5) is 0 Å². The number of ether oxygens (including phenoxy) is 1. The molecule has 0 aromatic carbocycles. The maximum absolute atomic E-state index is 13.0. The number of carbonyl (C=O) groups is 1. The molecule has 27 heavy (non-hydrogen) atoms. The zero-order chi connectivity index (χ0) is 18.7. The first kappa shape index (κ1) is 18.3. The largest absolute Gasteiger partial charge is 0.472 e. The number of hydrogen-bond acceptors (Lipinski definition) is 6. The van der Waals surface area contributed by atoms with Crippen molar-refractivity contribution < 1.29 is 18.4 Å². The van der Waals surface area contributed by atoms with Crippen molar-refractivity contribution in [1.29, 1.82) is 0 Å². The first-order chi connectivity index (χ1) is 13.2. The predicted molar refractivity (Wildman–Crippen MR) is 99.8 cm³/mol. The summed E-state index contributed by atoms with van der Waals surface area (Å²) >= 11 is 0. The van der Waals surface area contributed by atoms with E-state index < -0.39 is 5.41 Å².